The average Bonchev–Trinajstić information content (AvgIpc) is 3.00. The number of methoxy groups -OCH3 is 1. The van der Waals surface area contributed by atoms with Crippen LogP contribution >= 0.6 is 0 Å². The van der Waals surface area contributed by atoms with Crippen molar-refractivity contribution in [3.8, 4) is 5.75 Å². The minimum Gasteiger partial charge on any atom is -0.494 e. The summed E-state index contributed by atoms with van der Waals surface area (Å²) >= 11 is 0. The second-order valence-corrected chi connectivity index (χ2v) is 5.71. The van der Waals surface area contributed by atoms with Gasteiger partial charge in [0, 0.05) is 32.7 Å². The third-order valence-electron chi connectivity index (χ3n) is 4.08. The first-order chi connectivity index (χ1) is 10.2. The van der Waals surface area contributed by atoms with Crippen molar-refractivity contribution in [3.63, 3.8) is 0 Å². The van der Waals surface area contributed by atoms with Crippen LogP contribution in [0.2, 0.25) is 0 Å². The molecule has 0 radical (unpaired) electrons. The smallest absolute Gasteiger partial charge is 0.119 e. The van der Waals surface area contributed by atoms with Gasteiger partial charge in [-0.1, -0.05) is 19.1 Å². The Morgan fingerprint density at radius 1 is 1.33 bits per heavy atom. The molecule has 1 aliphatic heterocycles. The average molecular weight is 293 g/mol. The molecule has 0 aromatic heterocycles. The fourth-order valence-corrected chi connectivity index (χ4v) is 2.49. The van der Waals surface area contributed by atoms with Crippen molar-refractivity contribution in [1.82, 2.24) is 5.32 Å². The van der Waals surface area contributed by atoms with Gasteiger partial charge in [0.25, 0.3) is 0 Å². The number of ether oxygens (including phenoxy) is 3. The summed E-state index contributed by atoms with van der Waals surface area (Å²) < 4.78 is 16.7. The van der Waals surface area contributed by atoms with Crippen LogP contribution in [0.4, 0.5) is 0 Å². The van der Waals surface area contributed by atoms with Crippen molar-refractivity contribution in [2.24, 2.45) is 0 Å². The van der Waals surface area contributed by atoms with E-state index in [-0.39, 0.29) is 11.6 Å². The molecule has 1 fully saturated rings. The third-order valence-corrected chi connectivity index (χ3v) is 4.08. The first-order valence-electron chi connectivity index (χ1n) is 7.78. The molecule has 0 aliphatic carbocycles. The highest BCUT2D eigenvalue weighted by Gasteiger charge is 2.34. The summed E-state index contributed by atoms with van der Waals surface area (Å²) in [5, 5.41) is 3.55. The molecule has 2 rings (SSSR count). The number of benzene rings is 1. The van der Waals surface area contributed by atoms with E-state index in [9.17, 15) is 0 Å². The number of rotatable bonds is 8. The molecule has 0 bridgehead atoms. The van der Waals surface area contributed by atoms with Crippen molar-refractivity contribution < 1.29 is 14.2 Å². The molecule has 118 valence electrons. The monoisotopic (exact) mass is 293 g/mol. The van der Waals surface area contributed by atoms with Gasteiger partial charge in [-0.05, 0) is 31.0 Å². The third kappa shape index (κ3) is 4.43. The van der Waals surface area contributed by atoms with E-state index in [1.807, 2.05) is 12.1 Å². The van der Waals surface area contributed by atoms with Gasteiger partial charge in [-0.15, -0.1) is 0 Å². The molecule has 1 N–H and O–H groups in total. The van der Waals surface area contributed by atoms with Crippen LogP contribution in [-0.2, 0) is 9.47 Å². The van der Waals surface area contributed by atoms with Crippen molar-refractivity contribution >= 4 is 0 Å². The molecule has 0 saturated carbocycles. The molecular formula is C17H27NO3. The maximum atomic E-state index is 5.64. The minimum absolute atomic E-state index is 0.168. The maximum Gasteiger partial charge on any atom is 0.119 e. The Hall–Kier alpha value is -1.10. The van der Waals surface area contributed by atoms with E-state index in [1.165, 1.54) is 5.56 Å². The summed E-state index contributed by atoms with van der Waals surface area (Å²) in [4.78, 5) is 0. The van der Waals surface area contributed by atoms with Gasteiger partial charge in [-0.25, -0.2) is 0 Å². The van der Waals surface area contributed by atoms with E-state index >= 15 is 0 Å². The van der Waals surface area contributed by atoms with Gasteiger partial charge in [0.1, 0.15) is 11.4 Å². The zero-order chi connectivity index (χ0) is 15.1. The molecule has 1 aliphatic rings. The molecule has 1 saturated heterocycles. The van der Waals surface area contributed by atoms with Crippen LogP contribution in [0.1, 0.15) is 38.3 Å². The number of hydrogen-bond acceptors (Lipinski definition) is 4. The molecule has 1 aromatic rings. The Balaban J connectivity index is 1.86. The first-order valence-corrected chi connectivity index (χ1v) is 7.78. The lowest BCUT2D eigenvalue weighted by Crippen LogP contribution is -2.43. The van der Waals surface area contributed by atoms with Crippen LogP contribution in [0.5, 0.6) is 5.75 Å². The Morgan fingerprint density at radius 2 is 2.10 bits per heavy atom. The van der Waals surface area contributed by atoms with Crippen molar-refractivity contribution in [1.29, 1.82) is 0 Å². The van der Waals surface area contributed by atoms with Crippen molar-refractivity contribution in [3.05, 3.63) is 29.8 Å². The fraction of sp³-hybridized carbons (Fsp3) is 0.647. The molecule has 0 spiro atoms. The van der Waals surface area contributed by atoms with E-state index in [4.69, 9.17) is 14.2 Å². The molecule has 0 amide bonds. The van der Waals surface area contributed by atoms with E-state index in [0.29, 0.717) is 6.61 Å². The molecule has 1 heterocycles. The predicted octanol–water partition coefficient (Wildman–Crippen LogP) is 2.93. The summed E-state index contributed by atoms with van der Waals surface area (Å²) in [5.74, 6) is 0.936. The normalized spacial score (nSPS) is 23.2. The van der Waals surface area contributed by atoms with Crippen LogP contribution in [0.3, 0.4) is 0 Å². The van der Waals surface area contributed by atoms with Gasteiger partial charge in [-0.3, -0.25) is 0 Å². The zero-order valence-electron chi connectivity index (χ0n) is 13.4. The number of hydrogen-bond donors (Lipinski definition) is 1. The van der Waals surface area contributed by atoms with Gasteiger partial charge >= 0.3 is 0 Å². The van der Waals surface area contributed by atoms with Gasteiger partial charge in [0.2, 0.25) is 0 Å². The second kappa shape index (κ2) is 7.78. The maximum absolute atomic E-state index is 5.64. The van der Waals surface area contributed by atoms with E-state index < -0.39 is 0 Å². The van der Waals surface area contributed by atoms with E-state index in [0.717, 1.165) is 38.3 Å². The van der Waals surface area contributed by atoms with Gasteiger partial charge in [0.15, 0.2) is 0 Å². The standard InChI is InChI=1S/C17H27NO3/c1-4-10-21-16-7-5-15(6-8-16)14(2)18-12-17(19-3)9-11-20-13-17/h5-8,14,18H,4,9-13H2,1-3H3. The van der Waals surface area contributed by atoms with Gasteiger partial charge in [0.05, 0.1) is 13.2 Å². The van der Waals surface area contributed by atoms with Gasteiger partial charge in [-0.2, -0.15) is 0 Å². The van der Waals surface area contributed by atoms with E-state index in [2.05, 4.69) is 31.3 Å². The first kappa shape index (κ1) is 16.3. The van der Waals surface area contributed by atoms with Crippen LogP contribution in [0.15, 0.2) is 24.3 Å². The van der Waals surface area contributed by atoms with Crippen LogP contribution in [0, 0.1) is 0 Å². The molecule has 4 nitrogen and oxygen atoms in total. The summed E-state index contributed by atoms with van der Waals surface area (Å²) in [6.45, 7) is 7.31. The largest absolute Gasteiger partial charge is 0.494 e. The number of nitrogens with one attached hydrogen (secondary N) is 1. The molecule has 1 aromatic carbocycles. The molecule has 4 heteroatoms. The second-order valence-electron chi connectivity index (χ2n) is 5.71. The Bertz CT molecular complexity index is 413. The lowest BCUT2D eigenvalue weighted by atomic mass is 10.0. The fourth-order valence-electron chi connectivity index (χ4n) is 2.49. The molecule has 2 atom stereocenters. The molecule has 2 unspecified atom stereocenters. The van der Waals surface area contributed by atoms with Crippen LogP contribution in [-0.4, -0.2) is 39.1 Å². The van der Waals surface area contributed by atoms with Crippen molar-refractivity contribution in [2.45, 2.75) is 38.3 Å². The highest BCUT2D eigenvalue weighted by atomic mass is 16.5. The van der Waals surface area contributed by atoms with Crippen LogP contribution in [0.25, 0.3) is 0 Å². The summed E-state index contributed by atoms with van der Waals surface area (Å²) in [7, 11) is 1.76. The highest BCUT2D eigenvalue weighted by Crippen LogP contribution is 2.23. The summed E-state index contributed by atoms with van der Waals surface area (Å²) in [5.41, 5.74) is 1.09. The molecular weight excluding hydrogens is 266 g/mol. The lowest BCUT2D eigenvalue weighted by Gasteiger charge is -2.28. The summed E-state index contributed by atoms with van der Waals surface area (Å²) in [6, 6.07) is 8.58. The van der Waals surface area contributed by atoms with Crippen LogP contribution < -0.4 is 10.1 Å². The molecule has 21 heavy (non-hydrogen) atoms. The predicted molar refractivity (Wildman–Crippen MR) is 83.8 cm³/mol. The quantitative estimate of drug-likeness (QED) is 0.800. The van der Waals surface area contributed by atoms with Gasteiger partial charge < -0.3 is 19.5 Å². The lowest BCUT2D eigenvalue weighted by molar-refractivity contribution is -0.0172. The summed E-state index contributed by atoms with van der Waals surface area (Å²) in [6.07, 6.45) is 1.98. The van der Waals surface area contributed by atoms with Crippen molar-refractivity contribution in [2.75, 3.05) is 33.5 Å². The zero-order valence-corrected chi connectivity index (χ0v) is 13.4. The topological polar surface area (TPSA) is 39.7 Å². The minimum atomic E-state index is -0.168. The Morgan fingerprint density at radius 3 is 2.67 bits per heavy atom. The van der Waals surface area contributed by atoms with E-state index in [1.54, 1.807) is 7.11 Å². The SMILES string of the molecule is CCCOc1ccc(C(C)NCC2(OC)CCOC2)cc1. The Kier molecular flexibility index (Phi) is 6.03. The Labute approximate surface area is 127 Å². The highest BCUT2D eigenvalue weighted by molar-refractivity contribution is 5.29.